The van der Waals surface area contributed by atoms with Gasteiger partial charge >= 0.3 is 5.63 Å². The lowest BCUT2D eigenvalue weighted by molar-refractivity contribution is 0.181. The second kappa shape index (κ2) is 9.63. The summed E-state index contributed by atoms with van der Waals surface area (Å²) in [5.41, 5.74) is 1.69. The molecule has 0 aliphatic heterocycles. The highest BCUT2D eigenvalue weighted by molar-refractivity contribution is 5.77. The van der Waals surface area contributed by atoms with E-state index in [1.807, 2.05) is 6.07 Å². The number of nitrogens with zero attached hydrogens (tertiary/aromatic N) is 1. The molecule has 0 bridgehead atoms. The van der Waals surface area contributed by atoms with Crippen molar-refractivity contribution in [2.45, 2.75) is 65.3 Å². The Kier molecular flexibility index (Phi) is 7.51. The van der Waals surface area contributed by atoms with Crippen molar-refractivity contribution in [1.29, 1.82) is 0 Å². The van der Waals surface area contributed by atoms with Crippen LogP contribution in [0.4, 0.5) is 0 Å². The van der Waals surface area contributed by atoms with E-state index in [-0.39, 0.29) is 5.63 Å². The Labute approximate surface area is 145 Å². The lowest BCUT2D eigenvalue weighted by Crippen LogP contribution is -2.31. The maximum absolute atomic E-state index is 11.5. The molecular formula is C21H31NO2. The van der Waals surface area contributed by atoms with Gasteiger partial charge in [-0.25, -0.2) is 4.79 Å². The van der Waals surface area contributed by atoms with Gasteiger partial charge in [0.2, 0.25) is 0 Å². The van der Waals surface area contributed by atoms with Gasteiger partial charge in [0.1, 0.15) is 5.58 Å². The second-order valence-electron chi connectivity index (χ2n) is 6.60. The minimum absolute atomic E-state index is 0.277. The monoisotopic (exact) mass is 329 g/mol. The number of fused-ring (bicyclic) bond motifs is 1. The van der Waals surface area contributed by atoms with E-state index in [4.69, 9.17) is 4.42 Å². The Hall–Kier alpha value is -1.61. The van der Waals surface area contributed by atoms with Crippen LogP contribution in [0.15, 0.2) is 39.5 Å². The van der Waals surface area contributed by atoms with E-state index in [9.17, 15) is 4.79 Å². The van der Waals surface area contributed by atoms with Gasteiger partial charge in [-0.1, -0.05) is 52.2 Å². The van der Waals surface area contributed by atoms with Crippen molar-refractivity contribution in [1.82, 2.24) is 4.90 Å². The normalized spacial score (nSPS) is 12.8. The number of hydrogen-bond donors (Lipinski definition) is 0. The zero-order valence-electron chi connectivity index (χ0n) is 15.4. The molecule has 24 heavy (non-hydrogen) atoms. The molecule has 1 aromatic carbocycles. The molecule has 0 aliphatic carbocycles. The van der Waals surface area contributed by atoms with Crippen LogP contribution in [0.25, 0.3) is 11.0 Å². The summed E-state index contributed by atoms with van der Waals surface area (Å²) in [5.74, 6) is 0. The average molecular weight is 329 g/mol. The van der Waals surface area contributed by atoms with Crippen LogP contribution in [0.1, 0.15) is 70.9 Å². The Bertz CT molecular complexity index is 669. The van der Waals surface area contributed by atoms with Crippen LogP contribution in [-0.2, 0) is 0 Å². The van der Waals surface area contributed by atoms with E-state index >= 15 is 0 Å². The molecule has 1 unspecified atom stereocenters. The first kappa shape index (κ1) is 18.7. The van der Waals surface area contributed by atoms with E-state index in [1.54, 1.807) is 0 Å². The summed E-state index contributed by atoms with van der Waals surface area (Å²) in [7, 11) is 0. The van der Waals surface area contributed by atoms with Crippen LogP contribution in [-0.4, -0.2) is 18.0 Å². The molecule has 1 atom stereocenters. The minimum atomic E-state index is -0.277. The summed E-state index contributed by atoms with van der Waals surface area (Å²) in [6.07, 6.45) is 7.17. The molecule has 1 aromatic heterocycles. The SMILES string of the molecule is CCCCN(CCCC)C(CCC)c1ccc2ccc(=O)oc2c1. The standard InChI is InChI=1S/C21H31NO2/c1-4-7-14-22(15-8-5-2)19(9-6-3)18-11-10-17-12-13-21(23)24-20(17)16-18/h10-13,16,19H,4-9,14-15H2,1-3H3. The summed E-state index contributed by atoms with van der Waals surface area (Å²) in [5, 5.41) is 0.988. The van der Waals surface area contributed by atoms with Crippen LogP contribution >= 0.6 is 0 Å². The largest absolute Gasteiger partial charge is 0.423 e. The number of benzene rings is 1. The van der Waals surface area contributed by atoms with Crippen molar-refractivity contribution >= 4 is 11.0 Å². The zero-order valence-corrected chi connectivity index (χ0v) is 15.4. The molecular weight excluding hydrogens is 298 g/mol. The van der Waals surface area contributed by atoms with Crippen molar-refractivity contribution in [2.24, 2.45) is 0 Å². The molecule has 0 amide bonds. The fraction of sp³-hybridized carbons (Fsp3) is 0.571. The predicted molar refractivity (Wildman–Crippen MR) is 102 cm³/mol. The van der Waals surface area contributed by atoms with E-state index in [0.717, 1.165) is 31.3 Å². The van der Waals surface area contributed by atoms with E-state index in [2.05, 4.69) is 43.9 Å². The van der Waals surface area contributed by atoms with Crippen molar-refractivity contribution in [3.05, 3.63) is 46.3 Å². The number of rotatable bonds is 10. The third kappa shape index (κ3) is 4.94. The van der Waals surface area contributed by atoms with Crippen molar-refractivity contribution in [2.75, 3.05) is 13.1 Å². The molecule has 1 heterocycles. The third-order valence-corrected chi connectivity index (χ3v) is 4.63. The van der Waals surface area contributed by atoms with Gasteiger partial charge in [-0.2, -0.15) is 0 Å². The van der Waals surface area contributed by atoms with Gasteiger partial charge in [-0.3, -0.25) is 4.90 Å². The molecule has 0 N–H and O–H groups in total. The smallest absolute Gasteiger partial charge is 0.336 e. The lowest BCUT2D eigenvalue weighted by atomic mass is 9.98. The summed E-state index contributed by atoms with van der Waals surface area (Å²) in [4.78, 5) is 14.2. The number of hydrogen-bond acceptors (Lipinski definition) is 3. The van der Waals surface area contributed by atoms with Gasteiger partial charge in [0.25, 0.3) is 0 Å². The summed E-state index contributed by atoms with van der Waals surface area (Å²) < 4.78 is 5.40. The molecule has 2 rings (SSSR count). The van der Waals surface area contributed by atoms with Gasteiger partial charge in [-0.05, 0) is 50.0 Å². The van der Waals surface area contributed by atoms with Gasteiger partial charge < -0.3 is 4.42 Å². The summed E-state index contributed by atoms with van der Waals surface area (Å²) >= 11 is 0. The first-order valence-electron chi connectivity index (χ1n) is 9.47. The maximum atomic E-state index is 11.5. The minimum Gasteiger partial charge on any atom is -0.423 e. The quantitative estimate of drug-likeness (QED) is 0.537. The van der Waals surface area contributed by atoms with Crippen molar-refractivity contribution < 1.29 is 4.42 Å². The Balaban J connectivity index is 2.33. The Morgan fingerprint density at radius 1 is 0.958 bits per heavy atom. The molecule has 0 aliphatic rings. The van der Waals surface area contributed by atoms with E-state index in [0.29, 0.717) is 11.6 Å². The zero-order chi connectivity index (χ0) is 17.4. The predicted octanol–water partition coefficient (Wildman–Crippen LogP) is 5.54. The Morgan fingerprint density at radius 2 is 1.62 bits per heavy atom. The van der Waals surface area contributed by atoms with Crippen LogP contribution in [0, 0.1) is 0 Å². The van der Waals surface area contributed by atoms with Crippen molar-refractivity contribution in [3.63, 3.8) is 0 Å². The molecule has 0 radical (unpaired) electrons. The fourth-order valence-electron chi connectivity index (χ4n) is 3.26. The highest BCUT2D eigenvalue weighted by Gasteiger charge is 2.19. The molecule has 3 nitrogen and oxygen atoms in total. The number of unbranched alkanes of at least 4 members (excludes halogenated alkanes) is 2. The summed E-state index contributed by atoms with van der Waals surface area (Å²) in [6.45, 7) is 9.01. The van der Waals surface area contributed by atoms with Crippen molar-refractivity contribution in [3.8, 4) is 0 Å². The van der Waals surface area contributed by atoms with Crippen LogP contribution in [0.3, 0.4) is 0 Å². The van der Waals surface area contributed by atoms with Gasteiger partial charge in [0.05, 0.1) is 0 Å². The molecule has 0 fully saturated rings. The van der Waals surface area contributed by atoms with Gasteiger partial charge in [0.15, 0.2) is 0 Å². The first-order chi connectivity index (χ1) is 11.7. The second-order valence-corrected chi connectivity index (χ2v) is 6.60. The highest BCUT2D eigenvalue weighted by atomic mass is 16.4. The first-order valence-corrected chi connectivity index (χ1v) is 9.47. The van der Waals surface area contributed by atoms with E-state index in [1.165, 1.54) is 37.3 Å². The molecule has 0 spiro atoms. The molecule has 2 aromatic rings. The van der Waals surface area contributed by atoms with Gasteiger partial charge in [0, 0.05) is 17.5 Å². The third-order valence-electron chi connectivity index (χ3n) is 4.63. The van der Waals surface area contributed by atoms with Crippen LogP contribution in [0.2, 0.25) is 0 Å². The molecule has 0 saturated heterocycles. The summed E-state index contributed by atoms with van der Waals surface area (Å²) in [6, 6.07) is 10.1. The topological polar surface area (TPSA) is 33.5 Å². The van der Waals surface area contributed by atoms with Crippen LogP contribution < -0.4 is 5.63 Å². The maximum Gasteiger partial charge on any atom is 0.336 e. The average Bonchev–Trinajstić information content (AvgIpc) is 2.59. The molecule has 132 valence electrons. The molecule has 3 heteroatoms. The fourth-order valence-corrected chi connectivity index (χ4v) is 3.26. The lowest BCUT2D eigenvalue weighted by Gasteiger charge is -2.32. The van der Waals surface area contributed by atoms with Crippen LogP contribution in [0.5, 0.6) is 0 Å². The van der Waals surface area contributed by atoms with E-state index < -0.39 is 0 Å². The van der Waals surface area contributed by atoms with Gasteiger partial charge in [-0.15, -0.1) is 0 Å². The molecule has 0 saturated carbocycles. The Morgan fingerprint density at radius 3 is 2.25 bits per heavy atom. The highest BCUT2D eigenvalue weighted by Crippen LogP contribution is 2.29.